The molecule has 148 valence electrons. The number of thioether (sulfide) groups is 1. The summed E-state index contributed by atoms with van der Waals surface area (Å²) in [5.41, 5.74) is 1.07. The standard InChI is InChI=1S/C21H27N5OS/c1-2-26-19(17-3-5-22-6-4-17)24-25-20(26)28-13-18(27)23-21-10-14-7-15(11-21)9-16(8-14)12-21/h3-6,14-16H,2,7-13H2,1H3,(H,23,27). The van der Waals surface area contributed by atoms with Crippen LogP contribution in [0.15, 0.2) is 29.7 Å². The van der Waals surface area contributed by atoms with Gasteiger partial charge in [0, 0.05) is 30.0 Å². The van der Waals surface area contributed by atoms with E-state index in [9.17, 15) is 4.79 Å². The fourth-order valence-corrected chi connectivity index (χ4v) is 6.92. The third kappa shape index (κ3) is 3.34. The Morgan fingerprint density at radius 1 is 1.14 bits per heavy atom. The molecule has 0 radical (unpaired) electrons. The Bertz CT molecular complexity index is 830. The highest BCUT2D eigenvalue weighted by Crippen LogP contribution is 2.55. The molecule has 6 nitrogen and oxygen atoms in total. The molecule has 1 amide bonds. The van der Waals surface area contributed by atoms with E-state index in [-0.39, 0.29) is 11.4 Å². The number of aromatic nitrogens is 4. The van der Waals surface area contributed by atoms with E-state index in [4.69, 9.17) is 0 Å². The highest BCUT2D eigenvalue weighted by atomic mass is 32.2. The van der Waals surface area contributed by atoms with Gasteiger partial charge in [-0.1, -0.05) is 11.8 Å². The lowest BCUT2D eigenvalue weighted by Crippen LogP contribution is -2.60. The second-order valence-corrected chi connectivity index (χ2v) is 9.76. The van der Waals surface area contributed by atoms with Crippen molar-refractivity contribution in [2.24, 2.45) is 17.8 Å². The topological polar surface area (TPSA) is 72.7 Å². The SMILES string of the molecule is CCn1c(SCC(=O)NC23CC4CC(CC(C4)C2)C3)nnc1-c1ccncc1. The van der Waals surface area contributed by atoms with E-state index < -0.39 is 0 Å². The summed E-state index contributed by atoms with van der Waals surface area (Å²) in [6, 6.07) is 3.87. The summed E-state index contributed by atoms with van der Waals surface area (Å²) in [6.45, 7) is 2.84. The molecule has 2 aromatic rings. The van der Waals surface area contributed by atoms with Crippen molar-refractivity contribution < 1.29 is 4.79 Å². The van der Waals surface area contributed by atoms with Crippen LogP contribution in [-0.2, 0) is 11.3 Å². The Balaban J connectivity index is 1.24. The molecule has 0 spiro atoms. The number of carbonyl (C=O) groups excluding carboxylic acids is 1. The zero-order chi connectivity index (χ0) is 19.1. The number of pyridine rings is 1. The molecule has 4 aliphatic carbocycles. The van der Waals surface area contributed by atoms with E-state index in [1.165, 1.54) is 50.3 Å². The third-order valence-corrected chi connectivity index (χ3v) is 7.71. The Kier molecular flexibility index (Phi) is 4.65. The molecule has 0 aromatic carbocycles. The lowest BCUT2D eigenvalue weighted by Gasteiger charge is -2.56. The van der Waals surface area contributed by atoms with Crippen LogP contribution >= 0.6 is 11.8 Å². The molecule has 28 heavy (non-hydrogen) atoms. The molecular formula is C21H27N5OS. The predicted octanol–water partition coefficient (Wildman–Crippen LogP) is 3.54. The van der Waals surface area contributed by atoms with Crippen molar-refractivity contribution in [2.75, 3.05) is 5.75 Å². The first-order chi connectivity index (χ1) is 13.6. The van der Waals surface area contributed by atoms with Gasteiger partial charge in [0.1, 0.15) is 0 Å². The molecule has 0 saturated heterocycles. The van der Waals surface area contributed by atoms with Crippen molar-refractivity contribution in [3.05, 3.63) is 24.5 Å². The van der Waals surface area contributed by atoms with Crippen LogP contribution in [0.1, 0.15) is 45.4 Å². The van der Waals surface area contributed by atoms with Gasteiger partial charge < -0.3 is 9.88 Å². The first kappa shape index (κ1) is 18.2. The summed E-state index contributed by atoms with van der Waals surface area (Å²) in [4.78, 5) is 16.8. The van der Waals surface area contributed by atoms with E-state index in [1.54, 1.807) is 12.4 Å². The highest BCUT2D eigenvalue weighted by Gasteiger charge is 2.51. The molecule has 4 aliphatic rings. The lowest BCUT2D eigenvalue weighted by molar-refractivity contribution is -0.124. The smallest absolute Gasteiger partial charge is 0.230 e. The molecule has 4 fully saturated rings. The summed E-state index contributed by atoms with van der Waals surface area (Å²) >= 11 is 1.49. The summed E-state index contributed by atoms with van der Waals surface area (Å²) < 4.78 is 2.07. The molecule has 4 saturated carbocycles. The van der Waals surface area contributed by atoms with Gasteiger partial charge >= 0.3 is 0 Å². The minimum atomic E-state index is 0.0764. The van der Waals surface area contributed by atoms with Crippen molar-refractivity contribution in [2.45, 2.75) is 62.7 Å². The maximum Gasteiger partial charge on any atom is 0.230 e. The Morgan fingerprint density at radius 3 is 2.39 bits per heavy atom. The normalized spacial score (nSPS) is 30.5. The van der Waals surface area contributed by atoms with E-state index >= 15 is 0 Å². The van der Waals surface area contributed by atoms with Gasteiger partial charge in [-0.3, -0.25) is 9.78 Å². The number of rotatable bonds is 6. The van der Waals surface area contributed by atoms with Crippen molar-refractivity contribution in [1.29, 1.82) is 0 Å². The van der Waals surface area contributed by atoms with Gasteiger partial charge in [0.05, 0.1) is 5.75 Å². The van der Waals surface area contributed by atoms with Crippen LogP contribution in [0, 0.1) is 17.8 Å². The van der Waals surface area contributed by atoms with Crippen LogP contribution in [0.5, 0.6) is 0 Å². The van der Waals surface area contributed by atoms with Gasteiger partial charge in [0.15, 0.2) is 11.0 Å². The number of nitrogens with zero attached hydrogens (tertiary/aromatic N) is 4. The van der Waals surface area contributed by atoms with Crippen LogP contribution in [0.4, 0.5) is 0 Å². The first-order valence-corrected chi connectivity index (χ1v) is 11.4. The molecule has 0 aliphatic heterocycles. The maximum absolute atomic E-state index is 12.8. The molecule has 2 heterocycles. The van der Waals surface area contributed by atoms with Gasteiger partial charge in [-0.2, -0.15) is 0 Å². The van der Waals surface area contributed by atoms with Crippen LogP contribution in [0.3, 0.4) is 0 Å². The number of nitrogens with one attached hydrogen (secondary N) is 1. The molecule has 2 aromatic heterocycles. The van der Waals surface area contributed by atoms with Crippen LogP contribution in [-0.4, -0.2) is 36.9 Å². The largest absolute Gasteiger partial charge is 0.350 e. The minimum absolute atomic E-state index is 0.0764. The first-order valence-electron chi connectivity index (χ1n) is 10.4. The monoisotopic (exact) mass is 397 g/mol. The fraction of sp³-hybridized carbons (Fsp3) is 0.619. The third-order valence-electron chi connectivity index (χ3n) is 6.75. The van der Waals surface area contributed by atoms with E-state index in [0.29, 0.717) is 5.75 Å². The second kappa shape index (κ2) is 7.17. The van der Waals surface area contributed by atoms with Crippen LogP contribution in [0.2, 0.25) is 0 Å². The zero-order valence-corrected chi connectivity index (χ0v) is 17.1. The van der Waals surface area contributed by atoms with E-state index in [0.717, 1.165) is 40.8 Å². The van der Waals surface area contributed by atoms with Crippen LogP contribution in [0.25, 0.3) is 11.4 Å². The molecular weight excluding hydrogens is 370 g/mol. The molecule has 4 bridgehead atoms. The average molecular weight is 398 g/mol. The second-order valence-electron chi connectivity index (χ2n) is 8.82. The van der Waals surface area contributed by atoms with Gasteiger partial charge in [-0.05, 0) is 75.3 Å². The number of hydrogen-bond acceptors (Lipinski definition) is 5. The lowest BCUT2D eigenvalue weighted by atomic mass is 9.53. The van der Waals surface area contributed by atoms with Gasteiger partial charge in [-0.15, -0.1) is 10.2 Å². The summed E-state index contributed by atoms with van der Waals surface area (Å²) in [5.74, 6) is 3.88. The number of amides is 1. The molecule has 7 heteroatoms. The van der Waals surface area contributed by atoms with Gasteiger partial charge in [0.2, 0.25) is 5.91 Å². The summed E-state index contributed by atoms with van der Waals surface area (Å²) in [5, 5.41) is 12.9. The Labute approximate surface area is 169 Å². The van der Waals surface area contributed by atoms with Crippen molar-refractivity contribution in [3.8, 4) is 11.4 Å². The number of carbonyl (C=O) groups is 1. The number of hydrogen-bond donors (Lipinski definition) is 1. The van der Waals surface area contributed by atoms with E-state index in [1.807, 2.05) is 12.1 Å². The summed E-state index contributed by atoms with van der Waals surface area (Å²) in [6.07, 6.45) is 11.3. The van der Waals surface area contributed by atoms with Gasteiger partial charge in [0.25, 0.3) is 0 Å². The van der Waals surface area contributed by atoms with Gasteiger partial charge in [-0.25, -0.2) is 0 Å². The Hall–Kier alpha value is -1.89. The quantitative estimate of drug-likeness (QED) is 0.755. The van der Waals surface area contributed by atoms with Crippen LogP contribution < -0.4 is 5.32 Å². The van der Waals surface area contributed by atoms with Crippen molar-refractivity contribution >= 4 is 17.7 Å². The fourth-order valence-electron chi connectivity index (χ4n) is 6.12. The summed E-state index contributed by atoms with van der Waals surface area (Å²) in [7, 11) is 0. The Morgan fingerprint density at radius 2 is 1.79 bits per heavy atom. The predicted molar refractivity (Wildman–Crippen MR) is 109 cm³/mol. The van der Waals surface area contributed by atoms with E-state index in [2.05, 4.69) is 32.0 Å². The molecule has 0 unspecified atom stereocenters. The zero-order valence-electron chi connectivity index (χ0n) is 16.3. The van der Waals surface area contributed by atoms with Crippen molar-refractivity contribution in [1.82, 2.24) is 25.1 Å². The molecule has 0 atom stereocenters. The van der Waals surface area contributed by atoms with Crippen molar-refractivity contribution in [3.63, 3.8) is 0 Å². The molecule has 6 rings (SSSR count). The highest BCUT2D eigenvalue weighted by molar-refractivity contribution is 7.99. The maximum atomic E-state index is 12.8. The molecule has 1 N–H and O–H groups in total. The minimum Gasteiger partial charge on any atom is -0.350 e. The average Bonchev–Trinajstić information content (AvgIpc) is 3.08.